The normalized spacial score (nSPS) is 20.0. The van der Waals surface area contributed by atoms with E-state index in [9.17, 15) is 14.7 Å². The molecule has 2 aromatic rings. The van der Waals surface area contributed by atoms with Gasteiger partial charge in [-0.05, 0) is 84.8 Å². The van der Waals surface area contributed by atoms with Crippen LogP contribution in [0.3, 0.4) is 0 Å². The van der Waals surface area contributed by atoms with Gasteiger partial charge in [0.05, 0.1) is 16.5 Å². The summed E-state index contributed by atoms with van der Waals surface area (Å²) in [4.78, 5) is 38.2. The minimum Gasteiger partial charge on any atom is -0.388 e. The summed E-state index contributed by atoms with van der Waals surface area (Å²) in [5.41, 5.74) is 0.980. The molecule has 3 heterocycles. The summed E-state index contributed by atoms with van der Waals surface area (Å²) >= 11 is 1.20. The summed E-state index contributed by atoms with van der Waals surface area (Å²) in [6.07, 6.45) is 6.20. The first kappa shape index (κ1) is 25.6. The first-order valence-electron chi connectivity index (χ1n) is 12.5. The van der Waals surface area contributed by atoms with Crippen LogP contribution in [0.25, 0.3) is 10.4 Å². The molecule has 1 saturated carbocycles. The second kappa shape index (κ2) is 9.85. The highest BCUT2D eigenvalue weighted by Gasteiger charge is 2.33. The van der Waals surface area contributed by atoms with Gasteiger partial charge in [-0.2, -0.15) is 0 Å². The quantitative estimate of drug-likeness (QED) is 0.502. The van der Waals surface area contributed by atoms with Gasteiger partial charge in [0, 0.05) is 30.4 Å². The van der Waals surface area contributed by atoms with Gasteiger partial charge in [-0.1, -0.05) is 0 Å². The lowest BCUT2D eigenvalue weighted by Crippen LogP contribution is -2.47. The zero-order valence-electron chi connectivity index (χ0n) is 21.5. The van der Waals surface area contributed by atoms with Gasteiger partial charge in [-0.3, -0.25) is 9.59 Å². The molecular formula is C26H37N5O3S. The molecule has 2 fully saturated rings. The number of aromatic nitrogens is 2. The molecule has 0 bridgehead atoms. The lowest BCUT2D eigenvalue weighted by molar-refractivity contribution is 0.0408. The Morgan fingerprint density at radius 3 is 2.54 bits per heavy atom. The average Bonchev–Trinajstić information content (AvgIpc) is 3.40. The van der Waals surface area contributed by atoms with Crippen molar-refractivity contribution in [2.45, 2.75) is 91.0 Å². The van der Waals surface area contributed by atoms with Crippen LogP contribution in [-0.2, 0) is 0 Å². The number of hydrogen-bond donors (Lipinski definition) is 3. The summed E-state index contributed by atoms with van der Waals surface area (Å²) in [6, 6.07) is 2.02. The van der Waals surface area contributed by atoms with Crippen LogP contribution < -0.4 is 10.6 Å². The van der Waals surface area contributed by atoms with Gasteiger partial charge in [0.25, 0.3) is 11.8 Å². The molecule has 3 atom stereocenters. The molecule has 9 heteroatoms. The number of aliphatic hydroxyl groups is 1. The molecule has 2 aromatic heterocycles. The molecule has 8 nitrogen and oxygen atoms in total. The summed E-state index contributed by atoms with van der Waals surface area (Å²) in [6.45, 7) is 11.9. The number of aryl methyl sites for hydroxylation is 1. The molecule has 3 N–H and O–H groups in total. The monoisotopic (exact) mass is 499 g/mol. The number of carbonyl (C=O) groups excluding carboxylic acids is 2. The molecule has 2 amide bonds. The van der Waals surface area contributed by atoms with Crippen LogP contribution in [0.4, 0.5) is 5.82 Å². The van der Waals surface area contributed by atoms with Gasteiger partial charge in [0.1, 0.15) is 11.5 Å². The van der Waals surface area contributed by atoms with E-state index in [0.717, 1.165) is 29.8 Å². The Bertz CT molecular complexity index is 1100. The van der Waals surface area contributed by atoms with E-state index in [1.807, 2.05) is 24.8 Å². The molecular weight excluding hydrogens is 462 g/mol. The maximum atomic E-state index is 13.5. The first-order valence-corrected chi connectivity index (χ1v) is 13.4. The molecule has 0 spiro atoms. The third-order valence-corrected chi connectivity index (χ3v) is 8.39. The number of pyridine rings is 1. The van der Waals surface area contributed by atoms with Crippen molar-refractivity contribution < 1.29 is 14.7 Å². The Morgan fingerprint density at radius 2 is 1.97 bits per heavy atom. The van der Waals surface area contributed by atoms with Crippen LogP contribution in [0.2, 0.25) is 0 Å². The van der Waals surface area contributed by atoms with Gasteiger partial charge < -0.3 is 20.6 Å². The SMILES string of the molecule is Cc1cc(N[C@@H](C)C2CC2)ncc1-c1sc(C(=O)N[C@@H](C)C(C)(C)O)nc1C(=O)N1CCC[C@@H]1C. The van der Waals surface area contributed by atoms with Gasteiger partial charge in [0.15, 0.2) is 5.01 Å². The van der Waals surface area contributed by atoms with E-state index in [0.29, 0.717) is 29.1 Å². The lowest BCUT2D eigenvalue weighted by Gasteiger charge is -2.26. The van der Waals surface area contributed by atoms with Crippen LogP contribution >= 0.6 is 11.3 Å². The fourth-order valence-electron chi connectivity index (χ4n) is 4.37. The van der Waals surface area contributed by atoms with E-state index in [-0.39, 0.29) is 17.0 Å². The highest BCUT2D eigenvalue weighted by atomic mass is 32.1. The van der Waals surface area contributed by atoms with E-state index in [1.54, 1.807) is 27.0 Å². The van der Waals surface area contributed by atoms with Crippen molar-refractivity contribution >= 4 is 29.0 Å². The molecule has 190 valence electrons. The Hall–Kier alpha value is -2.52. The third-order valence-electron chi connectivity index (χ3n) is 7.31. The van der Waals surface area contributed by atoms with E-state index >= 15 is 0 Å². The molecule has 4 rings (SSSR count). The van der Waals surface area contributed by atoms with Crippen LogP contribution in [0.5, 0.6) is 0 Å². The number of likely N-dealkylation sites (tertiary alicyclic amines) is 1. The van der Waals surface area contributed by atoms with Crippen molar-refractivity contribution in [3.05, 3.63) is 28.5 Å². The van der Waals surface area contributed by atoms with Gasteiger partial charge >= 0.3 is 0 Å². The number of amides is 2. The van der Waals surface area contributed by atoms with Crippen molar-refractivity contribution in [2.24, 2.45) is 5.92 Å². The van der Waals surface area contributed by atoms with Crippen LogP contribution in [-0.4, -0.2) is 62.1 Å². The van der Waals surface area contributed by atoms with Crippen molar-refractivity contribution in [1.82, 2.24) is 20.2 Å². The van der Waals surface area contributed by atoms with Gasteiger partial charge in [-0.15, -0.1) is 11.3 Å². The van der Waals surface area contributed by atoms with Crippen molar-refractivity contribution in [3.63, 3.8) is 0 Å². The summed E-state index contributed by atoms with van der Waals surface area (Å²) in [5.74, 6) is 0.965. The number of hydrogen-bond acceptors (Lipinski definition) is 7. The highest BCUT2D eigenvalue weighted by Crippen LogP contribution is 2.37. The zero-order chi connectivity index (χ0) is 25.5. The molecule has 35 heavy (non-hydrogen) atoms. The molecule has 2 aliphatic rings. The number of thiazole rings is 1. The smallest absolute Gasteiger partial charge is 0.280 e. The Morgan fingerprint density at radius 1 is 1.26 bits per heavy atom. The molecule has 0 radical (unpaired) electrons. The zero-order valence-corrected chi connectivity index (χ0v) is 22.3. The van der Waals surface area contributed by atoms with E-state index in [2.05, 4.69) is 27.5 Å². The topological polar surface area (TPSA) is 107 Å². The van der Waals surface area contributed by atoms with Crippen molar-refractivity contribution in [1.29, 1.82) is 0 Å². The fraction of sp³-hybridized carbons (Fsp3) is 0.615. The van der Waals surface area contributed by atoms with Gasteiger partial charge in [-0.25, -0.2) is 9.97 Å². The molecule has 0 unspecified atom stereocenters. The van der Waals surface area contributed by atoms with E-state index < -0.39 is 17.6 Å². The number of nitrogens with one attached hydrogen (secondary N) is 2. The Labute approximate surface area is 211 Å². The Balaban J connectivity index is 1.67. The maximum Gasteiger partial charge on any atom is 0.280 e. The molecule has 1 aliphatic heterocycles. The van der Waals surface area contributed by atoms with Crippen molar-refractivity contribution in [3.8, 4) is 10.4 Å². The highest BCUT2D eigenvalue weighted by molar-refractivity contribution is 7.17. The van der Waals surface area contributed by atoms with Crippen LogP contribution in [0, 0.1) is 12.8 Å². The second-order valence-electron chi connectivity index (χ2n) is 10.7. The minimum atomic E-state index is -1.08. The van der Waals surface area contributed by atoms with E-state index in [1.165, 1.54) is 24.2 Å². The molecule has 1 saturated heterocycles. The van der Waals surface area contributed by atoms with Crippen molar-refractivity contribution in [2.75, 3.05) is 11.9 Å². The second-order valence-corrected chi connectivity index (χ2v) is 11.7. The van der Waals surface area contributed by atoms with Gasteiger partial charge in [0.2, 0.25) is 0 Å². The number of rotatable bonds is 8. The predicted octanol–water partition coefficient (Wildman–Crippen LogP) is 4.24. The lowest BCUT2D eigenvalue weighted by atomic mass is 10.0. The fourth-order valence-corrected chi connectivity index (χ4v) is 5.41. The summed E-state index contributed by atoms with van der Waals surface area (Å²) in [5, 5.41) is 16.7. The number of anilines is 1. The first-order chi connectivity index (χ1) is 16.5. The summed E-state index contributed by atoms with van der Waals surface area (Å²) < 4.78 is 0. The Kier molecular flexibility index (Phi) is 7.20. The third kappa shape index (κ3) is 5.67. The average molecular weight is 500 g/mol. The van der Waals surface area contributed by atoms with Crippen LogP contribution in [0.1, 0.15) is 86.2 Å². The largest absolute Gasteiger partial charge is 0.388 e. The van der Waals surface area contributed by atoms with Crippen LogP contribution in [0.15, 0.2) is 12.3 Å². The number of carbonyl (C=O) groups is 2. The number of nitrogens with zero attached hydrogens (tertiary/aromatic N) is 3. The standard InChI is InChI=1S/C26H37N5O3S/c1-14-12-20(28-16(3)18-9-10-18)27-13-19(14)22-21(25(33)31-11-7-8-15(31)2)30-24(35-22)23(32)29-17(4)26(5,6)34/h12-13,15-18,34H,7-11H2,1-6H3,(H,27,28)(H,29,32)/t15-,16-,17-/m0/s1. The van der Waals surface area contributed by atoms with E-state index in [4.69, 9.17) is 0 Å². The molecule has 0 aromatic carbocycles. The predicted molar refractivity (Wildman–Crippen MR) is 139 cm³/mol. The maximum absolute atomic E-state index is 13.5. The summed E-state index contributed by atoms with van der Waals surface area (Å²) in [7, 11) is 0. The molecule has 1 aliphatic carbocycles. The minimum absolute atomic E-state index is 0.138.